The van der Waals surface area contributed by atoms with E-state index >= 15 is 0 Å². The van der Waals surface area contributed by atoms with Gasteiger partial charge in [0.1, 0.15) is 17.4 Å². The van der Waals surface area contributed by atoms with Crippen molar-refractivity contribution in [3.8, 4) is 5.75 Å². The number of ether oxygens (including phenoxy) is 1. The van der Waals surface area contributed by atoms with E-state index in [1.165, 1.54) is 24.3 Å². The summed E-state index contributed by atoms with van der Waals surface area (Å²) >= 11 is 0. The molecule has 0 aromatic heterocycles. The SMILES string of the molecule is CCOP(=O)(OCC)N(C(=O)OC(C)(C)C)[C@@H](Cc1ccc(O)cc1)C(=O)O. The number of rotatable bonds is 9. The highest BCUT2D eigenvalue weighted by molar-refractivity contribution is 7.52. The highest BCUT2D eigenvalue weighted by Gasteiger charge is 2.47. The number of phenols is 1. The Balaban J connectivity index is 3.41. The molecule has 0 fully saturated rings. The minimum Gasteiger partial charge on any atom is -0.508 e. The molecule has 0 heterocycles. The molecule has 0 aliphatic heterocycles. The highest BCUT2D eigenvalue weighted by atomic mass is 31.2. The maximum absolute atomic E-state index is 13.3. The van der Waals surface area contributed by atoms with E-state index in [1.54, 1.807) is 34.6 Å². The van der Waals surface area contributed by atoms with E-state index in [9.17, 15) is 24.4 Å². The highest BCUT2D eigenvalue weighted by Crippen LogP contribution is 2.54. The molecule has 9 nitrogen and oxygen atoms in total. The lowest BCUT2D eigenvalue weighted by molar-refractivity contribution is -0.142. The van der Waals surface area contributed by atoms with Crippen molar-refractivity contribution in [3.05, 3.63) is 29.8 Å². The summed E-state index contributed by atoms with van der Waals surface area (Å²) in [4.78, 5) is 24.8. The van der Waals surface area contributed by atoms with Crippen molar-refractivity contribution in [1.29, 1.82) is 0 Å². The molecule has 28 heavy (non-hydrogen) atoms. The standard InChI is InChI=1S/C18H28NO8P/c1-6-25-28(24,26-7-2)19(17(23)27-18(3,4)5)15(16(21)22)12-13-8-10-14(20)11-9-13/h8-11,15,20H,6-7,12H2,1-5H3,(H,21,22)/t15-/m0/s1. The second-order valence-corrected chi connectivity index (χ2v) is 8.74. The summed E-state index contributed by atoms with van der Waals surface area (Å²) in [7, 11) is -4.30. The zero-order chi connectivity index (χ0) is 21.5. The van der Waals surface area contributed by atoms with Crippen LogP contribution in [0.5, 0.6) is 5.75 Å². The molecule has 1 amide bonds. The van der Waals surface area contributed by atoms with Crippen molar-refractivity contribution >= 4 is 19.8 Å². The molecule has 10 heteroatoms. The van der Waals surface area contributed by atoms with Gasteiger partial charge in [-0.25, -0.2) is 14.2 Å². The number of aliphatic carboxylic acids is 1. The first-order valence-corrected chi connectivity index (χ1v) is 10.4. The van der Waals surface area contributed by atoms with Crippen LogP contribution in [-0.4, -0.2) is 51.8 Å². The fraction of sp³-hybridized carbons (Fsp3) is 0.556. The van der Waals surface area contributed by atoms with Gasteiger partial charge in [0.15, 0.2) is 0 Å². The Kier molecular flexibility index (Phi) is 8.48. The van der Waals surface area contributed by atoms with E-state index in [0.29, 0.717) is 10.2 Å². The summed E-state index contributed by atoms with van der Waals surface area (Å²) < 4.78 is 29.5. The molecule has 1 rings (SSSR count). The van der Waals surface area contributed by atoms with Gasteiger partial charge >= 0.3 is 19.8 Å². The Bertz CT molecular complexity index is 703. The normalized spacial score (nSPS) is 13.0. The number of carboxylic acids is 1. The van der Waals surface area contributed by atoms with Crippen molar-refractivity contribution in [2.45, 2.75) is 52.7 Å². The van der Waals surface area contributed by atoms with Gasteiger partial charge in [-0.2, -0.15) is 4.67 Å². The van der Waals surface area contributed by atoms with Gasteiger partial charge in [0.25, 0.3) is 0 Å². The van der Waals surface area contributed by atoms with Crippen LogP contribution in [0.3, 0.4) is 0 Å². The molecule has 0 aliphatic carbocycles. The topological polar surface area (TPSA) is 123 Å². The molecule has 0 aliphatic rings. The summed E-state index contributed by atoms with van der Waals surface area (Å²) in [6.45, 7) is 7.77. The van der Waals surface area contributed by atoms with Crippen LogP contribution in [0, 0.1) is 0 Å². The number of hydrogen-bond donors (Lipinski definition) is 2. The van der Waals surface area contributed by atoms with E-state index in [4.69, 9.17) is 13.8 Å². The molecule has 0 saturated carbocycles. The summed E-state index contributed by atoms with van der Waals surface area (Å²) in [6.07, 6.45) is -1.32. The first-order valence-electron chi connectivity index (χ1n) is 8.86. The van der Waals surface area contributed by atoms with Gasteiger partial charge in [0.05, 0.1) is 13.2 Å². The Hall–Kier alpha value is -2.09. The molecule has 2 N–H and O–H groups in total. The van der Waals surface area contributed by atoms with E-state index in [-0.39, 0.29) is 25.4 Å². The first-order chi connectivity index (χ1) is 12.9. The average molecular weight is 417 g/mol. The number of hydrogen-bond acceptors (Lipinski definition) is 7. The predicted molar refractivity (Wildman–Crippen MR) is 102 cm³/mol. The quantitative estimate of drug-likeness (QED) is 0.582. The summed E-state index contributed by atoms with van der Waals surface area (Å²) in [6, 6.07) is 4.20. The van der Waals surface area contributed by atoms with E-state index in [1.807, 2.05) is 0 Å². The van der Waals surface area contributed by atoms with Crippen molar-refractivity contribution in [2.24, 2.45) is 0 Å². The van der Waals surface area contributed by atoms with E-state index in [0.717, 1.165) is 0 Å². The fourth-order valence-corrected chi connectivity index (χ4v) is 4.07. The van der Waals surface area contributed by atoms with E-state index < -0.39 is 31.5 Å². The van der Waals surface area contributed by atoms with Gasteiger partial charge < -0.3 is 14.9 Å². The maximum atomic E-state index is 13.3. The fourth-order valence-electron chi connectivity index (χ4n) is 2.33. The number of carbonyl (C=O) groups excluding carboxylic acids is 1. The molecule has 0 saturated heterocycles. The van der Waals surface area contributed by atoms with Crippen LogP contribution >= 0.6 is 7.75 Å². The molecule has 158 valence electrons. The molecule has 0 radical (unpaired) electrons. The van der Waals surface area contributed by atoms with Crippen LogP contribution in [-0.2, 0) is 29.6 Å². The number of phenolic OH excluding ortho intramolecular Hbond substituents is 1. The lowest BCUT2D eigenvalue weighted by Gasteiger charge is -2.35. The molecule has 1 aromatic rings. The van der Waals surface area contributed by atoms with Crippen LogP contribution in [0.1, 0.15) is 40.2 Å². The Labute approximate surface area is 164 Å². The van der Waals surface area contributed by atoms with Crippen LogP contribution in [0.2, 0.25) is 0 Å². The smallest absolute Gasteiger partial charge is 0.441 e. The molecular formula is C18H28NO8P. The van der Waals surface area contributed by atoms with E-state index in [2.05, 4.69) is 0 Å². The number of amides is 1. The van der Waals surface area contributed by atoms with Gasteiger partial charge in [-0.1, -0.05) is 12.1 Å². The van der Waals surface area contributed by atoms with Gasteiger partial charge in [-0.15, -0.1) is 0 Å². The molecule has 0 unspecified atom stereocenters. The summed E-state index contributed by atoms with van der Waals surface area (Å²) in [5.74, 6) is -1.40. The molecule has 0 bridgehead atoms. The Morgan fingerprint density at radius 2 is 1.61 bits per heavy atom. The van der Waals surface area contributed by atoms with Crippen molar-refractivity contribution in [3.63, 3.8) is 0 Å². The van der Waals surface area contributed by atoms with Crippen LogP contribution < -0.4 is 0 Å². The number of carboxylic acid groups (broad SMARTS) is 1. The lowest BCUT2D eigenvalue weighted by Crippen LogP contribution is -2.47. The summed E-state index contributed by atoms with van der Waals surface area (Å²) in [5.41, 5.74) is -0.460. The van der Waals surface area contributed by atoms with Crippen LogP contribution in [0.4, 0.5) is 4.79 Å². The zero-order valence-electron chi connectivity index (χ0n) is 16.7. The molecule has 0 spiro atoms. The number of aromatic hydroxyl groups is 1. The molecular weight excluding hydrogens is 389 g/mol. The Morgan fingerprint density at radius 3 is 2.00 bits per heavy atom. The predicted octanol–water partition coefficient (Wildman–Crippen LogP) is 3.81. The van der Waals surface area contributed by atoms with Gasteiger partial charge in [-0.3, -0.25) is 9.05 Å². The third kappa shape index (κ3) is 6.82. The second-order valence-electron chi connectivity index (χ2n) is 6.85. The van der Waals surface area contributed by atoms with Crippen LogP contribution in [0.25, 0.3) is 0 Å². The monoisotopic (exact) mass is 417 g/mol. The molecule has 1 aromatic carbocycles. The lowest BCUT2D eigenvalue weighted by atomic mass is 10.1. The minimum atomic E-state index is -4.30. The van der Waals surface area contributed by atoms with Crippen molar-refractivity contribution in [2.75, 3.05) is 13.2 Å². The third-order valence-electron chi connectivity index (χ3n) is 3.37. The number of benzene rings is 1. The van der Waals surface area contributed by atoms with Gasteiger partial charge in [0.2, 0.25) is 0 Å². The average Bonchev–Trinajstić information content (AvgIpc) is 2.54. The first kappa shape index (κ1) is 23.9. The van der Waals surface area contributed by atoms with Crippen molar-refractivity contribution < 1.29 is 38.2 Å². The van der Waals surface area contributed by atoms with Crippen LogP contribution in [0.15, 0.2) is 24.3 Å². The second kappa shape index (κ2) is 9.91. The third-order valence-corrected chi connectivity index (χ3v) is 5.51. The zero-order valence-corrected chi connectivity index (χ0v) is 17.6. The van der Waals surface area contributed by atoms with Gasteiger partial charge in [0, 0.05) is 6.42 Å². The van der Waals surface area contributed by atoms with Crippen molar-refractivity contribution in [1.82, 2.24) is 4.67 Å². The summed E-state index contributed by atoms with van der Waals surface area (Å²) in [5, 5.41) is 19.2. The van der Waals surface area contributed by atoms with Gasteiger partial charge in [-0.05, 0) is 52.3 Å². The molecule has 1 atom stereocenters. The minimum absolute atomic E-state index is 0.00827. The number of nitrogens with zero attached hydrogens (tertiary/aromatic N) is 1. The number of carbonyl (C=O) groups is 2. The largest absolute Gasteiger partial charge is 0.508 e. The Morgan fingerprint density at radius 1 is 1.11 bits per heavy atom. The maximum Gasteiger partial charge on any atom is 0.441 e.